The highest BCUT2D eigenvalue weighted by Crippen LogP contribution is 2.37. The molecular formula is C21H22ClN3O2. The number of rotatable bonds is 5. The van der Waals surface area contributed by atoms with E-state index in [0.717, 1.165) is 29.8 Å². The van der Waals surface area contributed by atoms with E-state index in [4.69, 9.17) is 21.3 Å². The van der Waals surface area contributed by atoms with E-state index in [0.29, 0.717) is 29.4 Å². The van der Waals surface area contributed by atoms with Crippen molar-refractivity contribution >= 4 is 34.2 Å². The highest BCUT2D eigenvalue weighted by atomic mass is 35.5. The molecule has 0 spiro atoms. The van der Waals surface area contributed by atoms with Crippen LogP contribution in [0.1, 0.15) is 31.5 Å². The quantitative estimate of drug-likeness (QED) is 0.645. The fraction of sp³-hybridized carbons (Fsp3) is 0.333. The topological polar surface area (TPSA) is 47.4 Å². The summed E-state index contributed by atoms with van der Waals surface area (Å²) >= 11 is 6.37. The highest BCUT2D eigenvalue weighted by Gasteiger charge is 2.35. The van der Waals surface area contributed by atoms with Crippen molar-refractivity contribution < 1.29 is 9.53 Å². The number of amides is 1. The second-order valence-electron chi connectivity index (χ2n) is 6.83. The summed E-state index contributed by atoms with van der Waals surface area (Å²) < 4.78 is 7.55. The van der Waals surface area contributed by atoms with E-state index < -0.39 is 0 Å². The molecule has 1 amide bonds. The van der Waals surface area contributed by atoms with Gasteiger partial charge in [0, 0.05) is 31.5 Å². The van der Waals surface area contributed by atoms with E-state index in [-0.39, 0.29) is 11.8 Å². The molecule has 5 nitrogen and oxygen atoms in total. The first kappa shape index (κ1) is 17.9. The SMILES string of the molecule is CCCn1c([C@H]2CC(=O)N(c3cc(OC)ccc3Cl)C2)nc2ccccc21. The average Bonchev–Trinajstić information content (AvgIpc) is 3.23. The van der Waals surface area contributed by atoms with Gasteiger partial charge in [-0.1, -0.05) is 30.7 Å². The number of carbonyl (C=O) groups excluding carboxylic acids is 1. The smallest absolute Gasteiger partial charge is 0.227 e. The van der Waals surface area contributed by atoms with Crippen molar-refractivity contribution in [3.8, 4) is 5.75 Å². The van der Waals surface area contributed by atoms with Crippen molar-refractivity contribution in [1.82, 2.24) is 9.55 Å². The van der Waals surface area contributed by atoms with Gasteiger partial charge in [-0.3, -0.25) is 4.79 Å². The molecule has 0 radical (unpaired) electrons. The summed E-state index contributed by atoms with van der Waals surface area (Å²) in [4.78, 5) is 19.4. The lowest BCUT2D eigenvalue weighted by molar-refractivity contribution is -0.117. The molecule has 0 bridgehead atoms. The van der Waals surface area contributed by atoms with Crippen LogP contribution in [0.25, 0.3) is 11.0 Å². The van der Waals surface area contributed by atoms with Crippen LogP contribution in [0, 0.1) is 0 Å². The number of fused-ring (bicyclic) bond motifs is 1. The normalized spacial score (nSPS) is 17.1. The first-order chi connectivity index (χ1) is 13.1. The fourth-order valence-electron chi connectivity index (χ4n) is 3.80. The fourth-order valence-corrected chi connectivity index (χ4v) is 4.02. The number of imidazole rings is 1. The Labute approximate surface area is 163 Å². The first-order valence-electron chi connectivity index (χ1n) is 9.21. The molecule has 1 saturated heterocycles. The summed E-state index contributed by atoms with van der Waals surface area (Å²) in [5.41, 5.74) is 2.80. The minimum atomic E-state index is 0.0405. The Balaban J connectivity index is 1.71. The average molecular weight is 384 g/mol. The molecule has 0 saturated carbocycles. The maximum Gasteiger partial charge on any atom is 0.227 e. The highest BCUT2D eigenvalue weighted by molar-refractivity contribution is 6.34. The van der Waals surface area contributed by atoms with Gasteiger partial charge >= 0.3 is 0 Å². The van der Waals surface area contributed by atoms with Crippen LogP contribution >= 0.6 is 11.6 Å². The molecule has 1 fully saturated rings. The number of aryl methyl sites for hydroxylation is 1. The van der Waals surface area contributed by atoms with Crippen molar-refractivity contribution in [1.29, 1.82) is 0 Å². The number of methoxy groups -OCH3 is 1. The van der Waals surface area contributed by atoms with Crippen molar-refractivity contribution in [3.05, 3.63) is 53.3 Å². The summed E-state index contributed by atoms with van der Waals surface area (Å²) in [6.07, 6.45) is 1.44. The largest absolute Gasteiger partial charge is 0.497 e. The van der Waals surface area contributed by atoms with Gasteiger partial charge in [-0.15, -0.1) is 0 Å². The Hall–Kier alpha value is -2.53. The molecule has 27 heavy (non-hydrogen) atoms. The van der Waals surface area contributed by atoms with Gasteiger partial charge in [0.15, 0.2) is 0 Å². The predicted molar refractivity (Wildman–Crippen MR) is 108 cm³/mol. The number of benzene rings is 2. The van der Waals surface area contributed by atoms with Gasteiger partial charge in [-0.25, -0.2) is 4.98 Å². The molecule has 140 valence electrons. The summed E-state index contributed by atoms with van der Waals surface area (Å²) in [5.74, 6) is 1.76. The van der Waals surface area contributed by atoms with Crippen LogP contribution in [-0.4, -0.2) is 29.1 Å². The van der Waals surface area contributed by atoms with Crippen LogP contribution in [-0.2, 0) is 11.3 Å². The van der Waals surface area contributed by atoms with Crippen LogP contribution in [0.2, 0.25) is 5.02 Å². The number of hydrogen-bond acceptors (Lipinski definition) is 3. The zero-order valence-electron chi connectivity index (χ0n) is 15.5. The van der Waals surface area contributed by atoms with Gasteiger partial charge in [0.25, 0.3) is 0 Å². The zero-order chi connectivity index (χ0) is 19.0. The summed E-state index contributed by atoms with van der Waals surface area (Å²) in [6, 6.07) is 13.5. The third-order valence-electron chi connectivity index (χ3n) is 5.07. The Morgan fingerprint density at radius 3 is 2.85 bits per heavy atom. The monoisotopic (exact) mass is 383 g/mol. The van der Waals surface area contributed by atoms with Gasteiger partial charge in [0.1, 0.15) is 11.6 Å². The molecule has 1 aliphatic heterocycles. The molecule has 0 unspecified atom stereocenters. The molecule has 1 aromatic heterocycles. The lowest BCUT2D eigenvalue weighted by atomic mass is 10.1. The maximum absolute atomic E-state index is 12.8. The van der Waals surface area contributed by atoms with Gasteiger partial charge in [0.2, 0.25) is 5.91 Å². The number of carbonyl (C=O) groups is 1. The molecule has 6 heteroatoms. The Bertz CT molecular complexity index is 998. The number of ether oxygens (including phenoxy) is 1. The summed E-state index contributed by atoms with van der Waals surface area (Å²) in [5, 5.41) is 0.548. The van der Waals surface area contributed by atoms with Crippen LogP contribution in [0.15, 0.2) is 42.5 Å². The molecule has 4 rings (SSSR count). The standard InChI is InChI=1S/C21H22ClN3O2/c1-3-10-24-18-7-5-4-6-17(18)23-21(24)14-11-20(26)25(13-14)19-12-15(27-2)8-9-16(19)22/h4-9,12,14H,3,10-11,13H2,1-2H3/t14-/m0/s1. The van der Waals surface area contributed by atoms with Crippen molar-refractivity contribution in [2.45, 2.75) is 32.2 Å². The van der Waals surface area contributed by atoms with Gasteiger partial charge < -0.3 is 14.2 Å². The molecule has 3 aromatic rings. The predicted octanol–water partition coefficient (Wildman–Crippen LogP) is 4.63. The van der Waals surface area contributed by atoms with Crippen molar-refractivity contribution in [2.75, 3.05) is 18.6 Å². The van der Waals surface area contributed by atoms with E-state index in [2.05, 4.69) is 17.6 Å². The summed E-state index contributed by atoms with van der Waals surface area (Å²) in [7, 11) is 1.61. The van der Waals surface area contributed by atoms with Crippen molar-refractivity contribution in [3.63, 3.8) is 0 Å². The molecule has 0 N–H and O–H groups in total. The molecule has 0 aliphatic carbocycles. The van der Waals surface area contributed by atoms with E-state index >= 15 is 0 Å². The van der Waals surface area contributed by atoms with Gasteiger partial charge in [-0.05, 0) is 30.7 Å². The number of halogens is 1. The van der Waals surface area contributed by atoms with Crippen LogP contribution < -0.4 is 9.64 Å². The molecule has 2 aromatic carbocycles. The molecule has 1 atom stereocenters. The Morgan fingerprint density at radius 2 is 2.07 bits per heavy atom. The molecule has 1 aliphatic rings. The second-order valence-corrected chi connectivity index (χ2v) is 7.24. The minimum Gasteiger partial charge on any atom is -0.497 e. The van der Waals surface area contributed by atoms with Crippen LogP contribution in [0.4, 0.5) is 5.69 Å². The number of nitrogens with zero attached hydrogens (tertiary/aromatic N) is 3. The van der Waals surface area contributed by atoms with E-state index in [1.54, 1.807) is 24.1 Å². The maximum atomic E-state index is 12.8. The lowest BCUT2D eigenvalue weighted by Crippen LogP contribution is -2.25. The van der Waals surface area contributed by atoms with E-state index in [1.165, 1.54) is 0 Å². The third kappa shape index (κ3) is 3.16. The molecular weight excluding hydrogens is 362 g/mol. The molecule has 2 heterocycles. The minimum absolute atomic E-state index is 0.0405. The first-order valence-corrected chi connectivity index (χ1v) is 9.59. The van der Waals surface area contributed by atoms with Gasteiger partial charge in [-0.2, -0.15) is 0 Å². The van der Waals surface area contributed by atoms with Crippen LogP contribution in [0.5, 0.6) is 5.75 Å². The Kier molecular flexibility index (Phi) is 4.79. The number of anilines is 1. The van der Waals surface area contributed by atoms with Crippen molar-refractivity contribution in [2.24, 2.45) is 0 Å². The van der Waals surface area contributed by atoms with E-state index in [9.17, 15) is 4.79 Å². The number of para-hydroxylation sites is 2. The lowest BCUT2D eigenvalue weighted by Gasteiger charge is -2.19. The number of hydrogen-bond donors (Lipinski definition) is 0. The third-order valence-corrected chi connectivity index (χ3v) is 5.39. The van der Waals surface area contributed by atoms with Crippen LogP contribution in [0.3, 0.4) is 0 Å². The second kappa shape index (κ2) is 7.24. The summed E-state index contributed by atoms with van der Waals surface area (Å²) in [6.45, 7) is 3.61. The number of aromatic nitrogens is 2. The zero-order valence-corrected chi connectivity index (χ0v) is 16.2. The van der Waals surface area contributed by atoms with E-state index in [1.807, 2.05) is 24.3 Å². The Morgan fingerprint density at radius 1 is 1.26 bits per heavy atom. The van der Waals surface area contributed by atoms with Gasteiger partial charge in [0.05, 0.1) is 28.9 Å².